The van der Waals surface area contributed by atoms with E-state index in [4.69, 9.17) is 0 Å². The van der Waals surface area contributed by atoms with Gasteiger partial charge in [0.2, 0.25) is 0 Å². The van der Waals surface area contributed by atoms with Crippen molar-refractivity contribution in [2.75, 3.05) is 12.4 Å². The third-order valence-electron chi connectivity index (χ3n) is 5.03. The number of aromatic nitrogens is 4. The zero-order valence-electron chi connectivity index (χ0n) is 18.2. The summed E-state index contributed by atoms with van der Waals surface area (Å²) in [5.41, 5.74) is 2.54. The molecule has 0 bridgehead atoms. The molecule has 0 atom stereocenters. The molecule has 170 valence electrons. The number of benzene rings is 2. The third kappa shape index (κ3) is 4.61. The summed E-state index contributed by atoms with van der Waals surface area (Å²) in [7, 11) is 1.22. The van der Waals surface area contributed by atoms with E-state index in [1.165, 1.54) is 23.8 Å². The largest absolute Gasteiger partial charge is 0.453 e. The maximum atomic E-state index is 13.0. The standard InChI is InChI=1S/C23H18N6O5/c1-13-25-19(17-7-6-14(11-24)9-18(17)26-22(31)33-2)10-20(30)29(13)12-15-4-3-5-16(8-15)21-27-23(32)34-28-21/h3-10H,12H2,1-2H3,(H,26,31)(H,27,28,32). The second-order valence-corrected chi connectivity index (χ2v) is 7.25. The first kappa shape index (κ1) is 22.2. The predicted molar refractivity (Wildman–Crippen MR) is 121 cm³/mol. The first-order chi connectivity index (χ1) is 16.4. The van der Waals surface area contributed by atoms with Crippen molar-refractivity contribution >= 4 is 11.8 Å². The number of nitriles is 1. The molecule has 2 N–H and O–H groups in total. The third-order valence-corrected chi connectivity index (χ3v) is 5.03. The van der Waals surface area contributed by atoms with Crippen molar-refractivity contribution in [2.24, 2.45) is 0 Å². The molecule has 2 aromatic carbocycles. The first-order valence-corrected chi connectivity index (χ1v) is 10.0. The van der Waals surface area contributed by atoms with Crippen LogP contribution in [-0.2, 0) is 11.3 Å². The van der Waals surface area contributed by atoms with Crippen LogP contribution in [-0.4, -0.2) is 32.9 Å². The lowest BCUT2D eigenvalue weighted by atomic mass is 10.1. The van der Waals surface area contributed by atoms with Crippen LogP contribution in [0, 0.1) is 18.3 Å². The molecule has 0 saturated carbocycles. The second kappa shape index (κ2) is 9.25. The van der Waals surface area contributed by atoms with E-state index in [9.17, 15) is 19.6 Å². The molecule has 0 aliphatic rings. The van der Waals surface area contributed by atoms with E-state index in [2.05, 4.69) is 29.7 Å². The zero-order valence-corrected chi connectivity index (χ0v) is 18.2. The quantitative estimate of drug-likeness (QED) is 0.462. The van der Waals surface area contributed by atoms with Gasteiger partial charge in [0, 0.05) is 17.2 Å². The molecular formula is C23H18N6O5. The number of aryl methyl sites for hydroxylation is 1. The zero-order chi connectivity index (χ0) is 24.2. The number of carbonyl (C=O) groups is 1. The summed E-state index contributed by atoms with van der Waals surface area (Å²) in [6, 6.07) is 15.2. The summed E-state index contributed by atoms with van der Waals surface area (Å²) in [5.74, 6) is 0.0723. The SMILES string of the molecule is COC(=O)Nc1cc(C#N)ccc1-c1cc(=O)n(Cc2cccc(-c3noc(=O)[nH]3)c2)c(C)n1. The Bertz CT molecular complexity index is 1540. The van der Waals surface area contributed by atoms with Gasteiger partial charge in [0.25, 0.3) is 5.56 Å². The van der Waals surface area contributed by atoms with Gasteiger partial charge in [-0.25, -0.2) is 14.6 Å². The van der Waals surface area contributed by atoms with Crippen molar-refractivity contribution in [3.63, 3.8) is 0 Å². The van der Waals surface area contributed by atoms with Crippen molar-refractivity contribution in [3.8, 4) is 28.7 Å². The number of ether oxygens (including phenoxy) is 1. The van der Waals surface area contributed by atoms with Crippen molar-refractivity contribution in [1.82, 2.24) is 19.7 Å². The van der Waals surface area contributed by atoms with Gasteiger partial charge >= 0.3 is 11.8 Å². The van der Waals surface area contributed by atoms with E-state index < -0.39 is 11.8 Å². The van der Waals surface area contributed by atoms with Crippen LogP contribution in [0.15, 0.2) is 62.6 Å². The van der Waals surface area contributed by atoms with Crippen LogP contribution in [0.3, 0.4) is 0 Å². The second-order valence-electron chi connectivity index (χ2n) is 7.25. The van der Waals surface area contributed by atoms with Gasteiger partial charge in [0.05, 0.1) is 36.7 Å². The molecule has 4 aromatic rings. The Kier molecular flexibility index (Phi) is 6.05. The molecule has 4 rings (SSSR count). The van der Waals surface area contributed by atoms with Crippen molar-refractivity contribution in [3.05, 3.63) is 86.4 Å². The van der Waals surface area contributed by atoms with Crippen molar-refractivity contribution in [2.45, 2.75) is 13.5 Å². The highest BCUT2D eigenvalue weighted by atomic mass is 16.5. The molecule has 0 radical (unpaired) electrons. The van der Waals surface area contributed by atoms with Gasteiger partial charge in [0.15, 0.2) is 5.82 Å². The van der Waals surface area contributed by atoms with Crippen molar-refractivity contribution in [1.29, 1.82) is 5.26 Å². The minimum absolute atomic E-state index is 0.231. The monoisotopic (exact) mass is 458 g/mol. The highest BCUT2D eigenvalue weighted by Gasteiger charge is 2.14. The molecule has 0 fully saturated rings. The van der Waals surface area contributed by atoms with Crippen LogP contribution in [0.5, 0.6) is 0 Å². The predicted octanol–water partition coefficient (Wildman–Crippen LogP) is 2.66. The number of H-pyrrole nitrogens is 1. The summed E-state index contributed by atoms with van der Waals surface area (Å²) in [4.78, 5) is 43.0. The molecular weight excluding hydrogens is 440 g/mol. The summed E-state index contributed by atoms with van der Waals surface area (Å²) >= 11 is 0. The molecule has 2 heterocycles. The molecule has 11 nitrogen and oxygen atoms in total. The van der Waals surface area contributed by atoms with Crippen LogP contribution in [0.1, 0.15) is 17.0 Å². The van der Waals surface area contributed by atoms with Gasteiger partial charge in [0.1, 0.15) is 5.82 Å². The molecule has 11 heteroatoms. The number of amides is 1. The average Bonchev–Trinajstić information content (AvgIpc) is 3.27. The van der Waals surface area contributed by atoms with E-state index in [0.29, 0.717) is 33.9 Å². The van der Waals surface area contributed by atoms with Crippen LogP contribution in [0.2, 0.25) is 0 Å². The fraction of sp³-hybridized carbons (Fsp3) is 0.130. The molecule has 34 heavy (non-hydrogen) atoms. The summed E-state index contributed by atoms with van der Waals surface area (Å²) in [5, 5.41) is 15.4. The first-order valence-electron chi connectivity index (χ1n) is 10.0. The van der Waals surface area contributed by atoms with Gasteiger partial charge in [-0.2, -0.15) is 5.26 Å². The normalized spacial score (nSPS) is 10.5. The molecule has 0 aliphatic heterocycles. The minimum atomic E-state index is -0.713. The average molecular weight is 458 g/mol. The summed E-state index contributed by atoms with van der Waals surface area (Å²) < 4.78 is 10.7. The molecule has 2 aromatic heterocycles. The Morgan fingerprint density at radius 3 is 2.74 bits per heavy atom. The van der Waals surface area contributed by atoms with Gasteiger partial charge in [-0.15, -0.1) is 0 Å². The maximum Gasteiger partial charge on any atom is 0.439 e. The summed E-state index contributed by atoms with van der Waals surface area (Å²) in [6.45, 7) is 1.93. The number of nitrogens with one attached hydrogen (secondary N) is 2. The molecule has 0 unspecified atom stereocenters. The number of nitrogens with zero attached hydrogens (tertiary/aromatic N) is 4. The van der Waals surface area contributed by atoms with E-state index >= 15 is 0 Å². The lowest BCUT2D eigenvalue weighted by Crippen LogP contribution is -2.24. The number of aromatic amines is 1. The van der Waals surface area contributed by atoms with Crippen LogP contribution in [0.4, 0.5) is 10.5 Å². The smallest absolute Gasteiger partial charge is 0.439 e. The van der Waals surface area contributed by atoms with E-state index in [1.54, 1.807) is 37.3 Å². The van der Waals surface area contributed by atoms with E-state index in [0.717, 1.165) is 5.56 Å². The van der Waals surface area contributed by atoms with Gasteiger partial charge < -0.3 is 4.74 Å². The Labute approximate surface area is 192 Å². The number of carbonyl (C=O) groups excluding carboxylic acids is 1. The van der Waals surface area contributed by atoms with Gasteiger partial charge in [-0.05, 0) is 36.8 Å². The lowest BCUT2D eigenvalue weighted by Gasteiger charge is -2.14. The number of rotatable bonds is 5. The Hall–Kier alpha value is -4.98. The number of hydrogen-bond donors (Lipinski definition) is 2. The molecule has 1 amide bonds. The van der Waals surface area contributed by atoms with Gasteiger partial charge in [-0.3, -0.25) is 24.2 Å². The Morgan fingerprint density at radius 2 is 2.06 bits per heavy atom. The van der Waals surface area contributed by atoms with Crippen molar-refractivity contribution < 1.29 is 14.1 Å². The molecule has 0 aliphatic carbocycles. The van der Waals surface area contributed by atoms with Gasteiger partial charge in [-0.1, -0.05) is 23.4 Å². The number of hydrogen-bond acceptors (Lipinski definition) is 8. The highest BCUT2D eigenvalue weighted by Crippen LogP contribution is 2.27. The topological polar surface area (TPSA) is 156 Å². The number of methoxy groups -OCH3 is 1. The highest BCUT2D eigenvalue weighted by molar-refractivity contribution is 5.91. The fourth-order valence-corrected chi connectivity index (χ4v) is 3.41. The maximum absolute atomic E-state index is 13.0. The van der Waals surface area contributed by atoms with Crippen LogP contribution >= 0.6 is 0 Å². The Balaban J connectivity index is 1.69. The Morgan fingerprint density at radius 1 is 1.24 bits per heavy atom. The molecule has 0 spiro atoms. The molecule has 0 saturated heterocycles. The van der Waals surface area contributed by atoms with Crippen LogP contribution < -0.4 is 16.6 Å². The summed E-state index contributed by atoms with van der Waals surface area (Å²) in [6.07, 6.45) is -0.713. The van der Waals surface area contributed by atoms with E-state index in [1.807, 2.05) is 12.1 Å². The fourth-order valence-electron chi connectivity index (χ4n) is 3.41. The van der Waals surface area contributed by atoms with Crippen LogP contribution in [0.25, 0.3) is 22.6 Å². The number of anilines is 1. The lowest BCUT2D eigenvalue weighted by molar-refractivity contribution is 0.187. The minimum Gasteiger partial charge on any atom is -0.453 e. The van der Waals surface area contributed by atoms with E-state index in [-0.39, 0.29) is 17.9 Å².